The summed E-state index contributed by atoms with van der Waals surface area (Å²) in [6, 6.07) is 14.2. The lowest BCUT2D eigenvalue weighted by Gasteiger charge is -2.25. The molecule has 8 nitrogen and oxygen atoms in total. The third-order valence-electron chi connectivity index (χ3n) is 5.66. The Kier molecular flexibility index (Phi) is 7.84. The van der Waals surface area contributed by atoms with Gasteiger partial charge in [-0.2, -0.15) is 0 Å². The summed E-state index contributed by atoms with van der Waals surface area (Å²) in [6.07, 6.45) is 0.551. The second-order valence-corrected chi connectivity index (χ2v) is 8.54. The summed E-state index contributed by atoms with van der Waals surface area (Å²) in [4.78, 5) is 38.7. The number of methoxy groups -OCH3 is 1. The summed E-state index contributed by atoms with van der Waals surface area (Å²) >= 11 is 0. The van der Waals surface area contributed by atoms with E-state index in [1.54, 1.807) is 33.1 Å². The molecule has 0 saturated carbocycles. The van der Waals surface area contributed by atoms with Gasteiger partial charge in [0.25, 0.3) is 0 Å². The number of hydrogen-bond donors (Lipinski definition) is 3. The zero-order valence-corrected chi connectivity index (χ0v) is 19.2. The lowest BCUT2D eigenvalue weighted by molar-refractivity contribution is -0.133. The molecule has 176 valence electrons. The van der Waals surface area contributed by atoms with Crippen LogP contribution in [0.1, 0.15) is 25.0 Å². The van der Waals surface area contributed by atoms with E-state index in [2.05, 4.69) is 10.6 Å². The average Bonchev–Trinajstić information content (AvgIpc) is 3.57. The largest absolute Gasteiger partial charge is 0.497 e. The maximum absolute atomic E-state index is 13.3. The quantitative estimate of drug-likeness (QED) is 0.439. The SMILES string of the molecule is COc1ccc(C[C@H](NC(=O)[C@@H](C)N)C(=O)N[C@@H](Cc2ccccc2)C(=O)C2(C)CO2)cc1. The number of amides is 2. The Balaban J connectivity index is 1.79. The lowest BCUT2D eigenvalue weighted by Crippen LogP contribution is -2.56. The van der Waals surface area contributed by atoms with Gasteiger partial charge in [0.1, 0.15) is 17.4 Å². The molecular weight excluding hydrogens is 422 g/mol. The molecular formula is C25H31N3O5. The van der Waals surface area contributed by atoms with E-state index in [0.717, 1.165) is 11.1 Å². The molecule has 0 aromatic heterocycles. The molecule has 1 unspecified atom stereocenters. The average molecular weight is 454 g/mol. The zero-order chi connectivity index (χ0) is 24.0. The van der Waals surface area contributed by atoms with Crippen LogP contribution in [0.2, 0.25) is 0 Å². The molecule has 33 heavy (non-hydrogen) atoms. The van der Waals surface area contributed by atoms with Crippen LogP contribution in [0.4, 0.5) is 0 Å². The first-order valence-corrected chi connectivity index (χ1v) is 10.9. The molecule has 1 fully saturated rings. The standard InChI is InChI=1S/C25H31N3O5/c1-16(26)23(30)28-21(14-18-9-11-19(32-3)12-10-18)24(31)27-20(22(29)25(2)15-33-25)13-17-7-5-4-6-8-17/h4-12,16,20-21H,13-15,26H2,1-3H3,(H,27,31)(H,28,30)/t16-,20+,21+,25?/m1/s1. The molecule has 1 aliphatic heterocycles. The van der Waals surface area contributed by atoms with Gasteiger partial charge in [-0.3, -0.25) is 14.4 Å². The first-order chi connectivity index (χ1) is 15.7. The summed E-state index contributed by atoms with van der Waals surface area (Å²) in [5.41, 5.74) is 6.54. The lowest BCUT2D eigenvalue weighted by atomic mass is 9.94. The molecule has 1 aliphatic rings. The van der Waals surface area contributed by atoms with E-state index >= 15 is 0 Å². The number of ether oxygens (including phenoxy) is 2. The first kappa shape index (κ1) is 24.4. The predicted molar refractivity (Wildman–Crippen MR) is 124 cm³/mol. The Bertz CT molecular complexity index is 971. The Hall–Kier alpha value is -3.23. The summed E-state index contributed by atoms with van der Waals surface area (Å²) in [5.74, 6) is -0.419. The fraction of sp³-hybridized carbons (Fsp3) is 0.400. The number of carbonyl (C=O) groups is 3. The fourth-order valence-corrected chi connectivity index (χ4v) is 3.46. The molecule has 1 heterocycles. The Morgan fingerprint density at radius 2 is 1.52 bits per heavy atom. The molecule has 1 saturated heterocycles. The number of epoxide rings is 1. The number of Topliss-reactive ketones (excluding diaryl/α,β-unsaturated/α-hetero) is 1. The number of hydrogen-bond acceptors (Lipinski definition) is 6. The van der Waals surface area contributed by atoms with Crippen molar-refractivity contribution in [2.45, 2.75) is 50.4 Å². The highest BCUT2D eigenvalue weighted by Crippen LogP contribution is 2.29. The van der Waals surface area contributed by atoms with Crippen LogP contribution in [0.3, 0.4) is 0 Å². The second-order valence-electron chi connectivity index (χ2n) is 8.54. The van der Waals surface area contributed by atoms with Gasteiger partial charge in [0.2, 0.25) is 11.8 Å². The number of ketones is 1. The van der Waals surface area contributed by atoms with Gasteiger partial charge in [0.15, 0.2) is 5.78 Å². The molecule has 8 heteroatoms. The van der Waals surface area contributed by atoms with Crippen LogP contribution in [-0.2, 0) is 32.0 Å². The number of carbonyl (C=O) groups excluding carboxylic acids is 3. The van der Waals surface area contributed by atoms with Gasteiger partial charge >= 0.3 is 0 Å². The van der Waals surface area contributed by atoms with Crippen molar-refractivity contribution >= 4 is 17.6 Å². The second kappa shape index (κ2) is 10.6. The van der Waals surface area contributed by atoms with Gasteiger partial charge in [0.05, 0.1) is 25.8 Å². The summed E-state index contributed by atoms with van der Waals surface area (Å²) in [7, 11) is 1.57. The predicted octanol–water partition coefficient (Wildman–Crippen LogP) is 1.16. The highest BCUT2D eigenvalue weighted by molar-refractivity contribution is 5.98. The van der Waals surface area contributed by atoms with Crippen LogP contribution in [0.15, 0.2) is 54.6 Å². The monoisotopic (exact) mass is 453 g/mol. The van der Waals surface area contributed by atoms with E-state index in [-0.39, 0.29) is 12.2 Å². The van der Waals surface area contributed by atoms with Gasteiger partial charge < -0.3 is 25.8 Å². The van der Waals surface area contributed by atoms with E-state index in [1.165, 1.54) is 0 Å². The minimum atomic E-state index is -0.907. The van der Waals surface area contributed by atoms with Crippen molar-refractivity contribution in [1.82, 2.24) is 10.6 Å². The smallest absolute Gasteiger partial charge is 0.243 e. The number of nitrogens with one attached hydrogen (secondary N) is 2. The Labute approximate surface area is 193 Å². The summed E-state index contributed by atoms with van der Waals surface area (Å²) in [6.45, 7) is 3.58. The van der Waals surface area contributed by atoms with Crippen molar-refractivity contribution in [1.29, 1.82) is 0 Å². The van der Waals surface area contributed by atoms with Gasteiger partial charge in [-0.05, 0) is 43.5 Å². The summed E-state index contributed by atoms with van der Waals surface area (Å²) in [5, 5.41) is 5.56. The van der Waals surface area contributed by atoms with E-state index < -0.39 is 35.5 Å². The van der Waals surface area contributed by atoms with Crippen LogP contribution in [-0.4, -0.2) is 55.0 Å². The van der Waals surface area contributed by atoms with Gasteiger partial charge in [0, 0.05) is 6.42 Å². The maximum atomic E-state index is 13.3. The summed E-state index contributed by atoms with van der Waals surface area (Å²) < 4.78 is 10.5. The molecule has 0 aliphatic carbocycles. The molecule has 2 aromatic carbocycles. The number of nitrogens with two attached hydrogens (primary N) is 1. The van der Waals surface area contributed by atoms with Crippen LogP contribution < -0.4 is 21.1 Å². The highest BCUT2D eigenvalue weighted by Gasteiger charge is 2.50. The zero-order valence-electron chi connectivity index (χ0n) is 19.2. The van der Waals surface area contributed by atoms with Crippen molar-refractivity contribution in [2.75, 3.05) is 13.7 Å². The molecule has 0 spiro atoms. The van der Waals surface area contributed by atoms with Gasteiger partial charge in [-0.15, -0.1) is 0 Å². The molecule has 3 rings (SSSR count). The van der Waals surface area contributed by atoms with Crippen molar-refractivity contribution < 1.29 is 23.9 Å². The molecule has 0 bridgehead atoms. The van der Waals surface area contributed by atoms with Crippen molar-refractivity contribution in [2.24, 2.45) is 5.73 Å². The normalized spacial score (nSPS) is 19.6. The third-order valence-corrected chi connectivity index (χ3v) is 5.66. The molecule has 0 radical (unpaired) electrons. The topological polar surface area (TPSA) is 123 Å². The Morgan fingerprint density at radius 3 is 2.06 bits per heavy atom. The minimum Gasteiger partial charge on any atom is -0.497 e. The van der Waals surface area contributed by atoms with E-state index in [4.69, 9.17) is 15.2 Å². The highest BCUT2D eigenvalue weighted by atomic mass is 16.6. The van der Waals surface area contributed by atoms with Gasteiger partial charge in [-0.1, -0.05) is 42.5 Å². The van der Waals surface area contributed by atoms with E-state index in [0.29, 0.717) is 18.8 Å². The number of benzene rings is 2. The van der Waals surface area contributed by atoms with E-state index in [9.17, 15) is 14.4 Å². The van der Waals surface area contributed by atoms with Crippen molar-refractivity contribution in [3.63, 3.8) is 0 Å². The Morgan fingerprint density at radius 1 is 0.970 bits per heavy atom. The first-order valence-electron chi connectivity index (χ1n) is 10.9. The van der Waals surface area contributed by atoms with Gasteiger partial charge in [-0.25, -0.2) is 0 Å². The van der Waals surface area contributed by atoms with E-state index in [1.807, 2.05) is 42.5 Å². The van der Waals surface area contributed by atoms with Crippen molar-refractivity contribution in [3.8, 4) is 5.75 Å². The maximum Gasteiger partial charge on any atom is 0.243 e. The molecule has 4 atom stereocenters. The molecule has 4 N–H and O–H groups in total. The van der Waals surface area contributed by atoms with Crippen LogP contribution in [0.25, 0.3) is 0 Å². The molecule has 2 amide bonds. The minimum absolute atomic E-state index is 0.193. The number of rotatable bonds is 11. The molecule has 2 aromatic rings. The third kappa shape index (κ3) is 6.63. The van der Waals surface area contributed by atoms with Crippen LogP contribution in [0.5, 0.6) is 5.75 Å². The van der Waals surface area contributed by atoms with Crippen molar-refractivity contribution in [3.05, 3.63) is 65.7 Å². The van der Waals surface area contributed by atoms with Crippen LogP contribution >= 0.6 is 0 Å². The van der Waals surface area contributed by atoms with Crippen LogP contribution in [0, 0.1) is 0 Å². The fourth-order valence-electron chi connectivity index (χ4n) is 3.46.